The fraction of sp³-hybridized carbons (Fsp3) is 0.103. The average molecular weight is 453 g/mol. The number of para-hydroxylation sites is 2. The van der Waals surface area contributed by atoms with Crippen LogP contribution in [0.4, 0.5) is 0 Å². The van der Waals surface area contributed by atoms with Crippen molar-refractivity contribution in [3.63, 3.8) is 0 Å². The van der Waals surface area contributed by atoms with Crippen LogP contribution in [0.15, 0.2) is 97.1 Å². The summed E-state index contributed by atoms with van der Waals surface area (Å²) in [4.78, 5) is 24.2. The molecule has 0 fully saturated rings. The van der Waals surface area contributed by atoms with Crippen LogP contribution in [-0.2, 0) is 6.42 Å². The number of Topliss-reactive ketones (excluding diaryl/α,β-unsaturated/α-hetero) is 1. The first kappa shape index (κ1) is 22.8. The molecule has 0 saturated carbocycles. The number of methoxy groups -OCH3 is 1. The first-order chi connectivity index (χ1) is 16.5. The van der Waals surface area contributed by atoms with Crippen molar-refractivity contribution >= 4 is 11.8 Å². The molecule has 0 aliphatic carbocycles. The Morgan fingerprint density at radius 2 is 1.15 bits per heavy atom. The molecular weight excluding hydrogens is 428 g/mol. The average Bonchev–Trinajstić information content (AvgIpc) is 2.86. The molecule has 0 atom stereocenters. The number of rotatable bonds is 8. The Labute approximate surface area is 198 Å². The second kappa shape index (κ2) is 10.5. The van der Waals surface area contributed by atoms with Crippen molar-refractivity contribution in [2.24, 2.45) is 0 Å². The number of ketones is 1. The van der Waals surface area contributed by atoms with Crippen molar-refractivity contribution < 1.29 is 23.8 Å². The number of benzene rings is 4. The summed E-state index contributed by atoms with van der Waals surface area (Å²) in [5.74, 6) is 2.01. The largest absolute Gasteiger partial charge is 0.496 e. The normalized spacial score (nSPS) is 10.4. The molecule has 0 radical (unpaired) electrons. The van der Waals surface area contributed by atoms with Crippen LogP contribution in [0.1, 0.15) is 38.8 Å². The lowest BCUT2D eigenvalue weighted by Gasteiger charge is -2.12. The minimum atomic E-state index is -0.454. The molecule has 4 rings (SSSR count). The SMILES string of the molecule is COc1ccccc1Cc1ccccc1OC(=O)c1ccc(Oc2ccc(C(C)=O)cc2)cc1. The van der Waals surface area contributed by atoms with Gasteiger partial charge in [-0.1, -0.05) is 36.4 Å². The van der Waals surface area contributed by atoms with Gasteiger partial charge in [-0.25, -0.2) is 4.79 Å². The van der Waals surface area contributed by atoms with E-state index in [0.717, 1.165) is 16.9 Å². The van der Waals surface area contributed by atoms with Gasteiger partial charge in [0.1, 0.15) is 23.0 Å². The fourth-order valence-corrected chi connectivity index (χ4v) is 3.52. The zero-order valence-electron chi connectivity index (χ0n) is 19.0. The fourth-order valence-electron chi connectivity index (χ4n) is 3.52. The van der Waals surface area contributed by atoms with Gasteiger partial charge in [-0.05, 0) is 78.7 Å². The van der Waals surface area contributed by atoms with Gasteiger partial charge in [0.05, 0.1) is 12.7 Å². The van der Waals surface area contributed by atoms with E-state index in [1.165, 1.54) is 6.92 Å². The standard InChI is InChI=1S/C29H24O5/c1-20(30)21-11-15-25(16-12-21)33-26-17-13-22(14-18-26)29(31)34-28-10-6-4-8-24(28)19-23-7-3-5-9-27(23)32-2/h3-18H,19H2,1-2H3. The summed E-state index contributed by atoms with van der Waals surface area (Å²) in [5, 5.41) is 0. The van der Waals surface area contributed by atoms with Gasteiger partial charge in [-0.2, -0.15) is 0 Å². The Balaban J connectivity index is 1.44. The second-order valence-electron chi connectivity index (χ2n) is 7.69. The number of carbonyl (C=O) groups excluding carboxylic acids is 2. The van der Waals surface area contributed by atoms with Crippen molar-refractivity contribution in [1.82, 2.24) is 0 Å². The summed E-state index contributed by atoms with van der Waals surface area (Å²) in [6.45, 7) is 1.52. The second-order valence-corrected chi connectivity index (χ2v) is 7.69. The molecule has 0 amide bonds. The maximum atomic E-state index is 12.8. The molecule has 0 heterocycles. The number of ether oxygens (including phenoxy) is 3. The van der Waals surface area contributed by atoms with Crippen molar-refractivity contribution in [2.45, 2.75) is 13.3 Å². The van der Waals surface area contributed by atoms with E-state index < -0.39 is 5.97 Å². The molecule has 0 N–H and O–H groups in total. The molecule has 0 bridgehead atoms. The van der Waals surface area contributed by atoms with Gasteiger partial charge in [0.25, 0.3) is 0 Å². The molecule has 0 saturated heterocycles. The molecule has 5 nitrogen and oxygen atoms in total. The van der Waals surface area contributed by atoms with Crippen molar-refractivity contribution in [3.8, 4) is 23.0 Å². The molecule has 0 unspecified atom stereocenters. The first-order valence-corrected chi connectivity index (χ1v) is 10.8. The molecule has 0 aliphatic heterocycles. The van der Waals surface area contributed by atoms with Crippen LogP contribution in [0.25, 0.3) is 0 Å². The van der Waals surface area contributed by atoms with E-state index in [4.69, 9.17) is 14.2 Å². The lowest BCUT2D eigenvalue weighted by atomic mass is 10.0. The van der Waals surface area contributed by atoms with Crippen molar-refractivity contribution in [2.75, 3.05) is 7.11 Å². The van der Waals surface area contributed by atoms with Gasteiger partial charge in [0.2, 0.25) is 0 Å². The zero-order valence-corrected chi connectivity index (χ0v) is 19.0. The van der Waals surface area contributed by atoms with Crippen LogP contribution in [-0.4, -0.2) is 18.9 Å². The van der Waals surface area contributed by atoms with Crippen LogP contribution in [0.3, 0.4) is 0 Å². The lowest BCUT2D eigenvalue weighted by Crippen LogP contribution is -2.10. The highest BCUT2D eigenvalue weighted by Crippen LogP contribution is 2.27. The predicted octanol–water partition coefficient (Wildman–Crippen LogP) is 6.50. The summed E-state index contributed by atoms with van der Waals surface area (Å²) in [7, 11) is 1.64. The highest BCUT2D eigenvalue weighted by atomic mass is 16.5. The van der Waals surface area contributed by atoms with E-state index >= 15 is 0 Å². The quantitative estimate of drug-likeness (QED) is 0.173. The van der Waals surface area contributed by atoms with Crippen LogP contribution in [0.2, 0.25) is 0 Å². The van der Waals surface area contributed by atoms with Gasteiger partial charge in [-0.15, -0.1) is 0 Å². The van der Waals surface area contributed by atoms with Crippen LogP contribution in [0, 0.1) is 0 Å². The van der Waals surface area contributed by atoms with Gasteiger partial charge in [-0.3, -0.25) is 4.79 Å². The molecule has 0 aromatic heterocycles. The molecular formula is C29H24O5. The molecule has 4 aromatic rings. The van der Waals surface area contributed by atoms with Gasteiger partial charge >= 0.3 is 5.97 Å². The maximum absolute atomic E-state index is 12.8. The minimum absolute atomic E-state index is 0.00102. The number of hydrogen-bond donors (Lipinski definition) is 0. The highest BCUT2D eigenvalue weighted by molar-refractivity contribution is 5.94. The Bertz CT molecular complexity index is 1290. The van der Waals surface area contributed by atoms with Gasteiger partial charge in [0.15, 0.2) is 5.78 Å². The summed E-state index contributed by atoms with van der Waals surface area (Å²) < 4.78 is 17.0. The number of esters is 1. The van der Waals surface area contributed by atoms with Crippen molar-refractivity contribution in [3.05, 3.63) is 119 Å². The molecule has 4 aromatic carbocycles. The van der Waals surface area contributed by atoms with Crippen LogP contribution >= 0.6 is 0 Å². The molecule has 34 heavy (non-hydrogen) atoms. The Hall–Kier alpha value is -4.38. The summed E-state index contributed by atoms with van der Waals surface area (Å²) >= 11 is 0. The summed E-state index contributed by atoms with van der Waals surface area (Å²) in [6.07, 6.45) is 0.572. The van der Waals surface area contributed by atoms with E-state index in [2.05, 4.69) is 0 Å². The van der Waals surface area contributed by atoms with Gasteiger partial charge < -0.3 is 14.2 Å². The van der Waals surface area contributed by atoms with E-state index in [-0.39, 0.29) is 5.78 Å². The smallest absolute Gasteiger partial charge is 0.343 e. The Kier molecular flexibility index (Phi) is 7.04. The summed E-state index contributed by atoms with van der Waals surface area (Å²) in [6, 6.07) is 28.9. The Morgan fingerprint density at radius 3 is 1.71 bits per heavy atom. The van der Waals surface area contributed by atoms with Crippen LogP contribution < -0.4 is 14.2 Å². The van der Waals surface area contributed by atoms with E-state index in [1.807, 2.05) is 42.5 Å². The molecule has 0 aliphatic rings. The van der Waals surface area contributed by atoms with E-state index in [9.17, 15) is 9.59 Å². The third kappa shape index (κ3) is 5.51. The molecule has 170 valence electrons. The summed E-state index contributed by atoms with van der Waals surface area (Å²) in [5.41, 5.74) is 2.92. The highest BCUT2D eigenvalue weighted by Gasteiger charge is 2.13. The van der Waals surface area contributed by atoms with Gasteiger partial charge in [0, 0.05) is 12.0 Å². The predicted molar refractivity (Wildman–Crippen MR) is 130 cm³/mol. The van der Waals surface area contributed by atoms with E-state index in [0.29, 0.717) is 34.8 Å². The number of hydrogen-bond acceptors (Lipinski definition) is 5. The zero-order chi connectivity index (χ0) is 23.9. The van der Waals surface area contributed by atoms with E-state index in [1.54, 1.807) is 61.7 Å². The van der Waals surface area contributed by atoms with Crippen molar-refractivity contribution in [1.29, 1.82) is 0 Å². The third-order valence-corrected chi connectivity index (χ3v) is 5.34. The topological polar surface area (TPSA) is 61.8 Å². The molecule has 0 spiro atoms. The third-order valence-electron chi connectivity index (χ3n) is 5.34. The Morgan fingerprint density at radius 1 is 0.647 bits per heavy atom. The molecule has 5 heteroatoms. The monoisotopic (exact) mass is 452 g/mol. The first-order valence-electron chi connectivity index (χ1n) is 10.8. The number of carbonyl (C=O) groups is 2. The maximum Gasteiger partial charge on any atom is 0.343 e. The van der Waals surface area contributed by atoms with Crippen LogP contribution in [0.5, 0.6) is 23.0 Å². The minimum Gasteiger partial charge on any atom is -0.496 e. The lowest BCUT2D eigenvalue weighted by molar-refractivity contribution is 0.0733.